The molecule has 3 nitrogen and oxygen atoms in total. The Balaban J connectivity index is 2.46. The first-order valence-corrected chi connectivity index (χ1v) is 5.85. The van der Waals surface area contributed by atoms with Crippen molar-refractivity contribution in [1.82, 2.24) is 0 Å². The zero-order valence-corrected chi connectivity index (χ0v) is 10.5. The van der Waals surface area contributed by atoms with Crippen LogP contribution in [0.3, 0.4) is 0 Å². The first kappa shape index (κ1) is 12.6. The summed E-state index contributed by atoms with van der Waals surface area (Å²) in [5.74, 6) is -1.03. The maximum absolute atomic E-state index is 13.4. The molecule has 94 valence electrons. The second-order valence-electron chi connectivity index (χ2n) is 3.84. The molecule has 5 heteroatoms. The molecule has 0 amide bonds. The number of rotatable bonds is 3. The Hall–Kier alpha value is -0.840. The Bertz CT molecular complexity index is 416. The highest BCUT2D eigenvalue weighted by Gasteiger charge is 2.36. The fourth-order valence-electron chi connectivity index (χ4n) is 1.83. The lowest BCUT2D eigenvalue weighted by Gasteiger charge is -2.25. The van der Waals surface area contributed by atoms with E-state index in [0.717, 1.165) is 0 Å². The molecule has 0 saturated carbocycles. The molecule has 1 saturated heterocycles. The maximum atomic E-state index is 13.4. The molecule has 1 aromatic rings. The highest BCUT2D eigenvalue weighted by atomic mass is 35.5. The largest absolute Gasteiger partial charge is 0.493 e. The summed E-state index contributed by atoms with van der Waals surface area (Å²) in [6.07, 6.45) is 0. The van der Waals surface area contributed by atoms with Crippen molar-refractivity contribution in [3.8, 4) is 5.75 Å². The quantitative estimate of drug-likeness (QED) is 0.836. The predicted molar refractivity (Wildman–Crippen MR) is 61.8 cm³/mol. The third-order valence-corrected chi connectivity index (χ3v) is 2.94. The second kappa shape index (κ2) is 4.80. The fraction of sp³-hybridized carbons (Fsp3) is 0.500. The summed E-state index contributed by atoms with van der Waals surface area (Å²) in [4.78, 5) is 0. The molecule has 0 radical (unpaired) electrons. The summed E-state index contributed by atoms with van der Waals surface area (Å²) in [5, 5.41) is 0.0313. The second-order valence-corrected chi connectivity index (χ2v) is 4.25. The van der Waals surface area contributed by atoms with Gasteiger partial charge in [0, 0.05) is 6.07 Å². The van der Waals surface area contributed by atoms with Crippen molar-refractivity contribution in [2.45, 2.75) is 19.6 Å². The zero-order valence-electron chi connectivity index (χ0n) is 9.76. The standard InChI is InChI=1S/C12H14ClFO3/c1-3-15-11-7-10(14)9(13)6-8(11)12(2)16-4-5-17-12/h6-7H,3-5H2,1-2H3. The number of hydrogen-bond acceptors (Lipinski definition) is 3. The Morgan fingerprint density at radius 1 is 1.41 bits per heavy atom. The van der Waals surface area contributed by atoms with E-state index in [1.807, 2.05) is 6.92 Å². The molecule has 0 aliphatic carbocycles. The van der Waals surface area contributed by atoms with Crippen LogP contribution in [0.2, 0.25) is 5.02 Å². The third-order valence-electron chi connectivity index (χ3n) is 2.65. The summed E-state index contributed by atoms with van der Waals surface area (Å²) >= 11 is 5.78. The van der Waals surface area contributed by atoms with Crippen LogP contribution in [0.1, 0.15) is 19.4 Å². The Labute approximate surface area is 104 Å². The van der Waals surface area contributed by atoms with Crippen LogP contribution in [0.5, 0.6) is 5.75 Å². The molecule has 17 heavy (non-hydrogen) atoms. The van der Waals surface area contributed by atoms with Gasteiger partial charge >= 0.3 is 0 Å². The van der Waals surface area contributed by atoms with Crippen LogP contribution in [0.15, 0.2) is 12.1 Å². The van der Waals surface area contributed by atoms with Crippen LogP contribution >= 0.6 is 11.6 Å². The highest BCUT2D eigenvalue weighted by Crippen LogP contribution is 2.39. The molecular weight excluding hydrogens is 247 g/mol. The molecule has 0 aromatic heterocycles. The summed E-state index contributed by atoms with van der Waals surface area (Å²) < 4.78 is 29.8. The summed E-state index contributed by atoms with van der Waals surface area (Å²) in [6.45, 7) is 5.03. The molecule has 1 aliphatic rings. The minimum absolute atomic E-state index is 0.0313. The van der Waals surface area contributed by atoms with E-state index in [2.05, 4.69) is 0 Å². The lowest BCUT2D eigenvalue weighted by Crippen LogP contribution is -2.23. The van der Waals surface area contributed by atoms with Gasteiger partial charge in [-0.25, -0.2) is 4.39 Å². The topological polar surface area (TPSA) is 27.7 Å². The van der Waals surface area contributed by atoms with E-state index in [9.17, 15) is 4.39 Å². The van der Waals surface area contributed by atoms with Gasteiger partial charge < -0.3 is 14.2 Å². The van der Waals surface area contributed by atoms with E-state index in [1.165, 1.54) is 12.1 Å². The average Bonchev–Trinajstić information content (AvgIpc) is 2.72. The van der Waals surface area contributed by atoms with Gasteiger partial charge in [0.2, 0.25) is 0 Å². The van der Waals surface area contributed by atoms with Gasteiger partial charge in [-0.1, -0.05) is 11.6 Å². The van der Waals surface area contributed by atoms with Crippen LogP contribution in [0, 0.1) is 5.82 Å². The monoisotopic (exact) mass is 260 g/mol. The highest BCUT2D eigenvalue weighted by molar-refractivity contribution is 6.30. The number of halogens is 2. The molecule has 0 bridgehead atoms. The normalized spacial score (nSPS) is 18.4. The van der Waals surface area contributed by atoms with Crippen LogP contribution in [-0.4, -0.2) is 19.8 Å². The van der Waals surface area contributed by atoms with Crippen LogP contribution in [-0.2, 0) is 15.3 Å². The lowest BCUT2D eigenvalue weighted by molar-refractivity contribution is -0.150. The van der Waals surface area contributed by atoms with E-state index in [0.29, 0.717) is 31.1 Å². The molecule has 1 heterocycles. The first-order valence-electron chi connectivity index (χ1n) is 5.47. The molecule has 0 unspecified atom stereocenters. The fourth-order valence-corrected chi connectivity index (χ4v) is 1.99. The summed E-state index contributed by atoms with van der Waals surface area (Å²) in [7, 11) is 0. The number of benzene rings is 1. The Morgan fingerprint density at radius 3 is 2.65 bits per heavy atom. The van der Waals surface area contributed by atoms with Gasteiger partial charge in [0.1, 0.15) is 11.6 Å². The summed E-state index contributed by atoms with van der Waals surface area (Å²) in [6, 6.07) is 2.75. The van der Waals surface area contributed by atoms with Crippen molar-refractivity contribution in [2.75, 3.05) is 19.8 Å². The van der Waals surface area contributed by atoms with Crippen molar-refractivity contribution in [1.29, 1.82) is 0 Å². The smallest absolute Gasteiger partial charge is 0.195 e. The first-order chi connectivity index (χ1) is 8.07. The molecule has 2 rings (SSSR count). The van der Waals surface area contributed by atoms with Gasteiger partial charge in [0.05, 0.1) is 30.4 Å². The van der Waals surface area contributed by atoms with E-state index < -0.39 is 11.6 Å². The molecule has 0 atom stereocenters. The maximum Gasteiger partial charge on any atom is 0.195 e. The zero-order chi connectivity index (χ0) is 12.5. The number of hydrogen-bond donors (Lipinski definition) is 0. The molecule has 0 spiro atoms. The lowest BCUT2D eigenvalue weighted by atomic mass is 10.1. The van der Waals surface area contributed by atoms with Crippen molar-refractivity contribution in [3.05, 3.63) is 28.5 Å². The number of ether oxygens (including phenoxy) is 3. The molecule has 1 fully saturated rings. The van der Waals surface area contributed by atoms with Gasteiger partial charge in [-0.3, -0.25) is 0 Å². The van der Waals surface area contributed by atoms with E-state index in [4.69, 9.17) is 25.8 Å². The SMILES string of the molecule is CCOc1cc(F)c(Cl)cc1C1(C)OCCO1. The van der Waals surface area contributed by atoms with E-state index in [1.54, 1.807) is 6.92 Å². The van der Waals surface area contributed by atoms with E-state index in [-0.39, 0.29) is 5.02 Å². The minimum Gasteiger partial charge on any atom is -0.493 e. The third kappa shape index (κ3) is 2.39. The van der Waals surface area contributed by atoms with Crippen LogP contribution in [0.25, 0.3) is 0 Å². The van der Waals surface area contributed by atoms with E-state index >= 15 is 0 Å². The van der Waals surface area contributed by atoms with Crippen LogP contribution < -0.4 is 4.74 Å². The Kier molecular flexibility index (Phi) is 3.56. The molecule has 0 N–H and O–H groups in total. The van der Waals surface area contributed by atoms with Gasteiger partial charge in [-0.15, -0.1) is 0 Å². The van der Waals surface area contributed by atoms with Crippen LogP contribution in [0.4, 0.5) is 4.39 Å². The predicted octanol–water partition coefficient (Wildman–Crippen LogP) is 3.10. The van der Waals surface area contributed by atoms with Gasteiger partial charge in [-0.2, -0.15) is 0 Å². The Morgan fingerprint density at radius 2 is 2.06 bits per heavy atom. The van der Waals surface area contributed by atoms with Crippen molar-refractivity contribution < 1.29 is 18.6 Å². The summed E-state index contributed by atoms with van der Waals surface area (Å²) in [5.41, 5.74) is 0.614. The van der Waals surface area contributed by atoms with Gasteiger partial charge in [0.15, 0.2) is 5.79 Å². The molecule has 1 aliphatic heterocycles. The van der Waals surface area contributed by atoms with Gasteiger partial charge in [-0.05, 0) is 19.9 Å². The molecule has 1 aromatic carbocycles. The molecular formula is C12H14ClFO3. The average molecular weight is 261 g/mol. The van der Waals surface area contributed by atoms with Crippen molar-refractivity contribution >= 4 is 11.6 Å². The van der Waals surface area contributed by atoms with Gasteiger partial charge in [0.25, 0.3) is 0 Å². The van der Waals surface area contributed by atoms with Crippen molar-refractivity contribution in [3.63, 3.8) is 0 Å². The minimum atomic E-state index is -0.915. The van der Waals surface area contributed by atoms with Crippen molar-refractivity contribution in [2.24, 2.45) is 0 Å².